The lowest BCUT2D eigenvalue weighted by molar-refractivity contribution is -0.128. The van der Waals surface area contributed by atoms with Crippen molar-refractivity contribution in [1.29, 1.82) is 0 Å². The summed E-state index contributed by atoms with van der Waals surface area (Å²) in [5.41, 5.74) is 0.537. The second-order valence-electron chi connectivity index (χ2n) is 6.16. The number of carboxylic acid groups (broad SMARTS) is 1. The Morgan fingerprint density at radius 2 is 1.79 bits per heavy atom. The van der Waals surface area contributed by atoms with Gasteiger partial charge >= 0.3 is 5.97 Å². The molecule has 0 saturated carbocycles. The zero-order chi connectivity index (χ0) is 17.9. The summed E-state index contributed by atoms with van der Waals surface area (Å²) in [6.45, 7) is 5.42. The quantitative estimate of drug-likeness (QED) is 0.877. The van der Waals surface area contributed by atoms with E-state index in [1.54, 1.807) is 38.2 Å². The van der Waals surface area contributed by atoms with Crippen LogP contribution < -0.4 is 10.9 Å². The molecule has 0 saturated heterocycles. The summed E-state index contributed by atoms with van der Waals surface area (Å²) in [6.07, 6.45) is 1.61. The fraction of sp³-hybridized carbons (Fsp3) is 0.278. The van der Waals surface area contributed by atoms with Crippen LogP contribution in [0.2, 0.25) is 0 Å². The van der Waals surface area contributed by atoms with Gasteiger partial charge in [0.25, 0.3) is 5.56 Å². The first-order valence-corrected chi connectivity index (χ1v) is 7.52. The van der Waals surface area contributed by atoms with Gasteiger partial charge in [0, 0.05) is 18.8 Å². The van der Waals surface area contributed by atoms with Crippen molar-refractivity contribution < 1.29 is 14.7 Å². The number of carboxylic acids is 1. The zero-order valence-electron chi connectivity index (χ0n) is 13.9. The molecule has 0 aliphatic heterocycles. The number of aryl methyl sites for hydroxylation is 1. The number of benzene rings is 1. The molecule has 1 aromatic heterocycles. The Labute approximate surface area is 139 Å². The van der Waals surface area contributed by atoms with E-state index >= 15 is 0 Å². The molecule has 0 aliphatic carbocycles. The van der Waals surface area contributed by atoms with Gasteiger partial charge in [0.05, 0.1) is 5.56 Å². The number of rotatable bonds is 5. The first-order chi connectivity index (χ1) is 11.2. The van der Waals surface area contributed by atoms with Crippen molar-refractivity contribution in [3.05, 3.63) is 69.6 Å². The summed E-state index contributed by atoms with van der Waals surface area (Å²) >= 11 is 0. The molecular weight excluding hydrogens is 308 g/mol. The number of nitrogens with one attached hydrogen (secondary N) is 1. The lowest BCUT2D eigenvalue weighted by atomic mass is 10.0. The van der Waals surface area contributed by atoms with E-state index in [0.29, 0.717) is 0 Å². The minimum Gasteiger partial charge on any atom is -0.478 e. The van der Waals surface area contributed by atoms with Gasteiger partial charge in [-0.05, 0) is 50.1 Å². The Balaban J connectivity index is 2.10. The number of nitrogens with zero attached hydrogens (tertiary/aromatic N) is 1. The highest BCUT2D eigenvalue weighted by Gasteiger charge is 2.30. The molecule has 2 N–H and O–H groups in total. The Hall–Kier alpha value is -2.89. The van der Waals surface area contributed by atoms with Crippen LogP contribution in [-0.4, -0.2) is 21.6 Å². The Morgan fingerprint density at radius 1 is 1.17 bits per heavy atom. The molecule has 6 heteroatoms. The Morgan fingerprint density at radius 3 is 2.33 bits per heavy atom. The molecule has 1 aromatic carbocycles. The smallest absolute Gasteiger partial charge is 0.335 e. The second-order valence-corrected chi connectivity index (χ2v) is 6.16. The molecule has 2 aromatic rings. The van der Waals surface area contributed by atoms with Gasteiger partial charge in [-0.1, -0.05) is 12.1 Å². The Kier molecular flexibility index (Phi) is 4.87. The predicted octanol–water partition coefficient (Wildman–Crippen LogP) is 1.91. The SMILES string of the molecule is Cc1ccn(C(C)(C)C(=O)NCc2ccc(C(=O)O)cc2)c(=O)c1. The first kappa shape index (κ1) is 17.5. The average Bonchev–Trinajstić information content (AvgIpc) is 2.52. The number of carbonyl (C=O) groups excluding carboxylic acids is 1. The van der Waals surface area contributed by atoms with E-state index in [4.69, 9.17) is 5.11 Å². The lowest BCUT2D eigenvalue weighted by Crippen LogP contribution is -2.48. The maximum atomic E-state index is 12.5. The topological polar surface area (TPSA) is 88.4 Å². The van der Waals surface area contributed by atoms with E-state index in [1.165, 1.54) is 22.8 Å². The van der Waals surface area contributed by atoms with Crippen LogP contribution in [0.25, 0.3) is 0 Å². The summed E-state index contributed by atoms with van der Waals surface area (Å²) in [6, 6.07) is 9.53. The van der Waals surface area contributed by atoms with Crippen LogP contribution in [-0.2, 0) is 16.9 Å². The zero-order valence-corrected chi connectivity index (χ0v) is 13.9. The van der Waals surface area contributed by atoms with Gasteiger partial charge in [0.2, 0.25) is 5.91 Å². The molecule has 0 atom stereocenters. The van der Waals surface area contributed by atoms with Crippen molar-refractivity contribution in [2.75, 3.05) is 0 Å². The van der Waals surface area contributed by atoms with Gasteiger partial charge in [-0.25, -0.2) is 4.79 Å². The third-order valence-corrected chi connectivity index (χ3v) is 3.89. The van der Waals surface area contributed by atoms with Crippen LogP contribution in [0.15, 0.2) is 47.4 Å². The highest BCUT2D eigenvalue weighted by Crippen LogP contribution is 2.14. The molecule has 0 bridgehead atoms. The van der Waals surface area contributed by atoms with E-state index < -0.39 is 11.5 Å². The van der Waals surface area contributed by atoms with Crippen LogP contribution in [0.4, 0.5) is 0 Å². The fourth-order valence-corrected chi connectivity index (χ4v) is 2.31. The largest absolute Gasteiger partial charge is 0.478 e. The number of carbonyl (C=O) groups is 2. The number of pyridine rings is 1. The normalized spacial score (nSPS) is 11.1. The molecule has 24 heavy (non-hydrogen) atoms. The first-order valence-electron chi connectivity index (χ1n) is 7.52. The average molecular weight is 328 g/mol. The number of aromatic carboxylic acids is 1. The van der Waals surface area contributed by atoms with E-state index in [2.05, 4.69) is 5.32 Å². The monoisotopic (exact) mass is 328 g/mol. The van der Waals surface area contributed by atoms with Gasteiger partial charge in [-0.3, -0.25) is 9.59 Å². The summed E-state index contributed by atoms with van der Waals surface area (Å²) in [4.78, 5) is 35.4. The molecule has 126 valence electrons. The maximum absolute atomic E-state index is 12.5. The van der Waals surface area contributed by atoms with Crippen LogP contribution in [0.1, 0.15) is 35.3 Å². The molecule has 0 aliphatic rings. The van der Waals surface area contributed by atoms with E-state index in [1.807, 2.05) is 6.92 Å². The van der Waals surface area contributed by atoms with Crippen LogP contribution >= 0.6 is 0 Å². The highest BCUT2D eigenvalue weighted by atomic mass is 16.4. The molecule has 0 fully saturated rings. The van der Waals surface area contributed by atoms with E-state index in [9.17, 15) is 14.4 Å². The summed E-state index contributed by atoms with van der Waals surface area (Å²) < 4.78 is 1.39. The van der Waals surface area contributed by atoms with E-state index in [0.717, 1.165) is 11.1 Å². The molecule has 6 nitrogen and oxygen atoms in total. The third kappa shape index (κ3) is 3.71. The van der Waals surface area contributed by atoms with Gasteiger partial charge in [-0.15, -0.1) is 0 Å². The van der Waals surface area contributed by atoms with Crippen LogP contribution in [0.3, 0.4) is 0 Å². The van der Waals surface area contributed by atoms with Gasteiger partial charge in [-0.2, -0.15) is 0 Å². The number of aromatic nitrogens is 1. The van der Waals surface area contributed by atoms with Crippen LogP contribution in [0.5, 0.6) is 0 Å². The van der Waals surface area contributed by atoms with Gasteiger partial charge in [0.1, 0.15) is 5.54 Å². The van der Waals surface area contributed by atoms with Crippen molar-refractivity contribution in [1.82, 2.24) is 9.88 Å². The molecule has 0 unspecified atom stereocenters. The van der Waals surface area contributed by atoms with Crippen molar-refractivity contribution in [3.63, 3.8) is 0 Å². The maximum Gasteiger partial charge on any atom is 0.335 e. The number of hydrogen-bond donors (Lipinski definition) is 2. The summed E-state index contributed by atoms with van der Waals surface area (Å²) in [5, 5.41) is 11.7. The van der Waals surface area contributed by atoms with Crippen molar-refractivity contribution in [2.24, 2.45) is 0 Å². The second kappa shape index (κ2) is 6.70. The van der Waals surface area contributed by atoms with Crippen LogP contribution in [0, 0.1) is 6.92 Å². The summed E-state index contributed by atoms with van der Waals surface area (Å²) in [7, 11) is 0. The standard InChI is InChI=1S/C18H20N2O4/c1-12-8-9-20(15(21)10-12)18(2,3)17(24)19-11-13-4-6-14(7-5-13)16(22)23/h4-10H,11H2,1-3H3,(H,19,24)(H,22,23). The van der Waals surface area contributed by atoms with E-state index in [-0.39, 0.29) is 23.6 Å². The highest BCUT2D eigenvalue weighted by molar-refractivity contribution is 5.87. The predicted molar refractivity (Wildman–Crippen MR) is 90.0 cm³/mol. The lowest BCUT2D eigenvalue weighted by Gasteiger charge is -2.26. The molecule has 1 amide bonds. The summed E-state index contributed by atoms with van der Waals surface area (Å²) in [5.74, 6) is -1.29. The molecule has 2 rings (SSSR count). The van der Waals surface area contributed by atoms with Gasteiger partial charge < -0.3 is 15.0 Å². The Bertz CT molecular complexity index is 820. The minimum atomic E-state index is -1.04. The minimum absolute atomic E-state index is 0.191. The molecule has 0 radical (unpaired) electrons. The third-order valence-electron chi connectivity index (χ3n) is 3.89. The van der Waals surface area contributed by atoms with Crippen molar-refractivity contribution in [3.8, 4) is 0 Å². The number of hydrogen-bond acceptors (Lipinski definition) is 3. The van der Waals surface area contributed by atoms with Crippen molar-refractivity contribution in [2.45, 2.75) is 32.9 Å². The van der Waals surface area contributed by atoms with Gasteiger partial charge in [0.15, 0.2) is 0 Å². The fourth-order valence-electron chi connectivity index (χ4n) is 2.31. The van der Waals surface area contributed by atoms with Crippen molar-refractivity contribution >= 4 is 11.9 Å². The molecule has 1 heterocycles. The number of amides is 1. The molecular formula is C18H20N2O4. The molecule has 0 spiro atoms.